The van der Waals surface area contributed by atoms with Gasteiger partial charge in [-0.15, -0.1) is 0 Å². The van der Waals surface area contributed by atoms with E-state index in [2.05, 4.69) is 10.0 Å². The predicted octanol–water partition coefficient (Wildman–Crippen LogP) is 2.48. The molecule has 0 radical (unpaired) electrons. The summed E-state index contributed by atoms with van der Waals surface area (Å²) in [7, 11) is -3.85. The van der Waals surface area contributed by atoms with Crippen LogP contribution >= 0.6 is 11.6 Å². The Labute approximate surface area is 171 Å². The highest BCUT2D eigenvalue weighted by atomic mass is 35.5. The van der Waals surface area contributed by atoms with Crippen LogP contribution in [-0.2, 0) is 19.5 Å². The third kappa shape index (κ3) is 5.24. The number of benzene rings is 1. The summed E-state index contributed by atoms with van der Waals surface area (Å²) in [6, 6.07) is 4.17. The van der Waals surface area contributed by atoms with Crippen molar-refractivity contribution in [3.8, 4) is 0 Å². The summed E-state index contributed by atoms with van der Waals surface area (Å²) in [6.45, 7) is 3.52. The van der Waals surface area contributed by atoms with E-state index < -0.39 is 10.0 Å². The number of sulfonamides is 1. The number of rotatable bonds is 8. The second-order valence-electron chi connectivity index (χ2n) is 7.17. The molecule has 2 fully saturated rings. The van der Waals surface area contributed by atoms with E-state index in [4.69, 9.17) is 21.1 Å². The molecule has 2 heterocycles. The minimum absolute atomic E-state index is 0.00229. The molecule has 28 heavy (non-hydrogen) atoms. The maximum atomic E-state index is 12.7. The summed E-state index contributed by atoms with van der Waals surface area (Å²) in [6.07, 6.45) is 4.24. The summed E-state index contributed by atoms with van der Waals surface area (Å²) in [5.41, 5.74) is 0.248. The molecule has 3 unspecified atom stereocenters. The van der Waals surface area contributed by atoms with Gasteiger partial charge in [0.1, 0.15) is 4.90 Å². The second kappa shape index (κ2) is 9.54. The van der Waals surface area contributed by atoms with Gasteiger partial charge >= 0.3 is 0 Å². The standard InChI is InChI=1S/C19H27ClN2O5S/c1-2-16(17-6-4-10-27-17)22-19(23)13-7-8-15(20)18(11-13)28(24,25)21-12-14-5-3-9-26-14/h7-8,11,14,16-17,21H,2-6,9-10,12H2,1H3,(H,22,23). The van der Waals surface area contributed by atoms with Crippen LogP contribution in [0.4, 0.5) is 0 Å². The molecule has 9 heteroatoms. The van der Waals surface area contributed by atoms with Gasteiger partial charge in [0.25, 0.3) is 5.91 Å². The minimum Gasteiger partial charge on any atom is -0.377 e. The van der Waals surface area contributed by atoms with Crippen molar-refractivity contribution in [1.82, 2.24) is 10.0 Å². The zero-order valence-corrected chi connectivity index (χ0v) is 17.5. The van der Waals surface area contributed by atoms with Crippen LogP contribution in [0.15, 0.2) is 23.1 Å². The van der Waals surface area contributed by atoms with Crippen LogP contribution in [0, 0.1) is 0 Å². The first-order chi connectivity index (χ1) is 13.4. The first kappa shape index (κ1) is 21.5. The van der Waals surface area contributed by atoms with E-state index in [1.807, 2.05) is 6.92 Å². The van der Waals surface area contributed by atoms with Gasteiger partial charge in [-0.05, 0) is 50.3 Å². The minimum atomic E-state index is -3.85. The molecule has 2 saturated heterocycles. The maximum absolute atomic E-state index is 12.7. The molecule has 3 rings (SSSR count). The van der Waals surface area contributed by atoms with Gasteiger partial charge in [0, 0.05) is 25.3 Å². The molecule has 2 aliphatic rings. The van der Waals surface area contributed by atoms with E-state index in [1.54, 1.807) is 0 Å². The first-order valence-electron chi connectivity index (χ1n) is 9.74. The van der Waals surface area contributed by atoms with Crippen molar-refractivity contribution in [2.45, 2.75) is 62.2 Å². The molecule has 2 N–H and O–H groups in total. The second-order valence-corrected chi connectivity index (χ2v) is 9.31. The number of carbonyl (C=O) groups excluding carboxylic acids is 1. The highest BCUT2D eigenvalue weighted by molar-refractivity contribution is 7.89. The Morgan fingerprint density at radius 1 is 1.25 bits per heavy atom. The average molecular weight is 431 g/mol. The van der Waals surface area contributed by atoms with E-state index in [1.165, 1.54) is 18.2 Å². The van der Waals surface area contributed by atoms with Crippen molar-refractivity contribution in [2.24, 2.45) is 0 Å². The lowest BCUT2D eigenvalue weighted by Crippen LogP contribution is -2.42. The van der Waals surface area contributed by atoms with Crippen LogP contribution in [0.1, 0.15) is 49.4 Å². The molecule has 0 aromatic heterocycles. The molecule has 0 bridgehead atoms. The molecule has 1 amide bonds. The van der Waals surface area contributed by atoms with Gasteiger partial charge in [0.2, 0.25) is 10.0 Å². The van der Waals surface area contributed by atoms with Gasteiger partial charge in [-0.3, -0.25) is 4.79 Å². The third-order valence-electron chi connectivity index (χ3n) is 5.18. The molecule has 0 saturated carbocycles. The highest BCUT2D eigenvalue weighted by Crippen LogP contribution is 2.24. The highest BCUT2D eigenvalue weighted by Gasteiger charge is 2.27. The van der Waals surface area contributed by atoms with Crippen molar-refractivity contribution in [1.29, 1.82) is 0 Å². The number of ether oxygens (including phenoxy) is 2. The van der Waals surface area contributed by atoms with Crippen LogP contribution in [-0.4, -0.2) is 52.3 Å². The van der Waals surface area contributed by atoms with Gasteiger partial charge in [0.05, 0.1) is 23.3 Å². The topological polar surface area (TPSA) is 93.7 Å². The summed E-state index contributed by atoms with van der Waals surface area (Å²) in [4.78, 5) is 12.6. The van der Waals surface area contributed by atoms with Crippen LogP contribution in [0.5, 0.6) is 0 Å². The van der Waals surface area contributed by atoms with Crippen LogP contribution in [0.3, 0.4) is 0 Å². The van der Waals surface area contributed by atoms with Crippen LogP contribution in [0.25, 0.3) is 0 Å². The van der Waals surface area contributed by atoms with Crippen molar-refractivity contribution in [3.63, 3.8) is 0 Å². The van der Waals surface area contributed by atoms with Crippen molar-refractivity contribution in [2.75, 3.05) is 19.8 Å². The normalized spacial score (nSPS) is 23.6. The summed E-state index contributed by atoms with van der Waals surface area (Å²) in [5, 5.41) is 3.03. The molecule has 2 aliphatic heterocycles. The molecule has 156 valence electrons. The fourth-order valence-corrected chi connectivity index (χ4v) is 5.16. The molecule has 0 aliphatic carbocycles. The van der Waals surface area contributed by atoms with Crippen molar-refractivity contribution >= 4 is 27.5 Å². The zero-order chi connectivity index (χ0) is 20.1. The maximum Gasteiger partial charge on any atom is 0.251 e. The summed E-state index contributed by atoms with van der Waals surface area (Å²) < 4.78 is 39.0. The van der Waals surface area contributed by atoms with E-state index in [0.717, 1.165) is 32.1 Å². The predicted molar refractivity (Wildman–Crippen MR) is 106 cm³/mol. The largest absolute Gasteiger partial charge is 0.377 e. The fourth-order valence-electron chi connectivity index (χ4n) is 3.57. The van der Waals surface area contributed by atoms with E-state index in [0.29, 0.717) is 13.2 Å². The Balaban J connectivity index is 1.71. The quantitative estimate of drug-likeness (QED) is 0.660. The molecule has 7 nitrogen and oxygen atoms in total. The van der Waals surface area contributed by atoms with E-state index in [-0.39, 0.29) is 46.2 Å². The first-order valence-corrected chi connectivity index (χ1v) is 11.6. The van der Waals surface area contributed by atoms with E-state index >= 15 is 0 Å². The Bertz CT molecular complexity index is 790. The van der Waals surface area contributed by atoms with Gasteiger partial charge in [0.15, 0.2) is 0 Å². The number of halogens is 1. The number of nitrogens with one attached hydrogen (secondary N) is 2. The SMILES string of the molecule is CCC(NC(=O)c1ccc(Cl)c(S(=O)(=O)NCC2CCCO2)c1)C1CCCO1. The smallest absolute Gasteiger partial charge is 0.251 e. The van der Waals surface area contributed by atoms with Crippen molar-refractivity contribution in [3.05, 3.63) is 28.8 Å². The van der Waals surface area contributed by atoms with Gasteiger partial charge in [-0.1, -0.05) is 18.5 Å². The number of hydrogen-bond donors (Lipinski definition) is 2. The summed E-state index contributed by atoms with van der Waals surface area (Å²) in [5.74, 6) is -0.338. The lowest BCUT2D eigenvalue weighted by Gasteiger charge is -2.23. The molecule has 3 atom stereocenters. The number of amides is 1. The third-order valence-corrected chi connectivity index (χ3v) is 7.08. The van der Waals surface area contributed by atoms with Gasteiger partial charge < -0.3 is 14.8 Å². The molecule has 0 spiro atoms. The fraction of sp³-hybridized carbons (Fsp3) is 0.632. The molecule has 1 aromatic rings. The molecule has 1 aromatic carbocycles. The monoisotopic (exact) mass is 430 g/mol. The number of carbonyl (C=O) groups is 1. The average Bonchev–Trinajstić information content (AvgIpc) is 3.38. The number of hydrogen-bond acceptors (Lipinski definition) is 5. The van der Waals surface area contributed by atoms with Crippen molar-refractivity contribution < 1.29 is 22.7 Å². The molecular formula is C19H27ClN2O5S. The van der Waals surface area contributed by atoms with Crippen LogP contribution in [0.2, 0.25) is 5.02 Å². The lowest BCUT2D eigenvalue weighted by atomic mass is 10.0. The van der Waals surface area contributed by atoms with Crippen LogP contribution < -0.4 is 10.0 Å². The zero-order valence-electron chi connectivity index (χ0n) is 15.9. The Hall–Kier alpha value is -1.19. The Morgan fingerprint density at radius 3 is 2.64 bits per heavy atom. The molecular weight excluding hydrogens is 404 g/mol. The summed E-state index contributed by atoms with van der Waals surface area (Å²) >= 11 is 6.12. The van der Waals surface area contributed by atoms with E-state index in [9.17, 15) is 13.2 Å². The van der Waals surface area contributed by atoms with Gasteiger partial charge in [-0.25, -0.2) is 13.1 Å². The Morgan fingerprint density at radius 2 is 2.00 bits per heavy atom. The Kier molecular flexibility index (Phi) is 7.33. The lowest BCUT2D eigenvalue weighted by molar-refractivity contribution is 0.0665. The van der Waals surface area contributed by atoms with Gasteiger partial charge in [-0.2, -0.15) is 0 Å².